The number of furan rings is 1. The summed E-state index contributed by atoms with van der Waals surface area (Å²) in [5.74, 6) is -0.112. The minimum Gasteiger partial charge on any atom is -0.455 e. The van der Waals surface area contributed by atoms with E-state index in [1.807, 2.05) is 73.1 Å². The molecule has 4 aromatic carbocycles. The lowest BCUT2D eigenvalue weighted by atomic mass is 9.80. The quantitative estimate of drug-likeness (QED) is 0.194. The van der Waals surface area contributed by atoms with E-state index in [1.54, 1.807) is 18.3 Å². The highest BCUT2D eigenvalue weighted by molar-refractivity contribution is 6.08. The molecule has 0 spiro atoms. The maximum absolute atomic E-state index is 8.74. The number of aryl methyl sites for hydroxylation is 2. The third-order valence-electron chi connectivity index (χ3n) is 8.98. The molecule has 0 amide bonds. The van der Waals surface area contributed by atoms with Gasteiger partial charge in [-0.2, -0.15) is 0 Å². The first kappa shape index (κ1) is 20.4. The van der Waals surface area contributed by atoms with Crippen LogP contribution in [0.1, 0.15) is 30.8 Å². The van der Waals surface area contributed by atoms with Crippen LogP contribution in [0.15, 0.2) is 137 Å². The molecule has 4 nitrogen and oxygen atoms in total. The average Bonchev–Trinajstić information content (AvgIpc) is 3.51. The molecule has 0 bridgehead atoms. The van der Waals surface area contributed by atoms with Crippen LogP contribution in [0.25, 0.3) is 66.0 Å². The molecule has 7 aromatic rings. The molecule has 0 radical (unpaired) electrons. The number of fused-ring (bicyclic) bond motifs is 7. The zero-order valence-corrected chi connectivity index (χ0v) is 24.0. The Kier molecular flexibility index (Phi) is 4.51. The minimum absolute atomic E-state index is 0.0309. The Labute approximate surface area is 269 Å². The summed E-state index contributed by atoms with van der Waals surface area (Å²) < 4.78 is 56.8. The van der Waals surface area contributed by atoms with Crippen LogP contribution in [0.5, 0.6) is 0 Å². The number of rotatable bonds is 3. The molecule has 3 aromatic heterocycles. The lowest BCUT2D eigenvalue weighted by Crippen LogP contribution is -2.21. The molecule has 2 aliphatic rings. The van der Waals surface area contributed by atoms with E-state index in [9.17, 15) is 0 Å². The fourth-order valence-corrected chi connectivity index (χ4v) is 6.78. The largest absolute Gasteiger partial charge is 0.455 e. The van der Waals surface area contributed by atoms with E-state index in [0.29, 0.717) is 21.9 Å². The topological polar surface area (TPSA) is 51.3 Å². The van der Waals surface area contributed by atoms with Crippen LogP contribution < -0.4 is 0 Å². The van der Waals surface area contributed by atoms with Crippen LogP contribution in [0.3, 0.4) is 0 Å². The van der Waals surface area contributed by atoms with E-state index in [4.69, 9.17) is 22.6 Å². The van der Waals surface area contributed by atoms with Gasteiger partial charge in [-0.05, 0) is 77.4 Å². The van der Waals surface area contributed by atoms with Crippen molar-refractivity contribution in [1.82, 2.24) is 9.97 Å². The van der Waals surface area contributed by atoms with Gasteiger partial charge in [-0.15, -0.1) is 0 Å². The number of hydrogen-bond donors (Lipinski definition) is 0. The van der Waals surface area contributed by atoms with Gasteiger partial charge in [0.25, 0.3) is 0 Å². The van der Waals surface area contributed by atoms with E-state index in [1.165, 1.54) is 6.07 Å². The SMILES string of the molecule is [2H]C([2H])([2H])c1cccc2c1oc1c(C([2H])([2H])[2H])c(-c3cc(-c4cnc5c(ccc6cccnc65)c4)cc(C4C=CC=C5C=CC=NC54)c3)ccc12. The molecule has 0 fully saturated rings. The number of hydrogen-bond acceptors (Lipinski definition) is 4. The molecular formula is C41H29N3O. The van der Waals surface area contributed by atoms with E-state index < -0.39 is 13.7 Å². The van der Waals surface area contributed by atoms with Crippen molar-refractivity contribution in [2.75, 3.05) is 0 Å². The molecule has 45 heavy (non-hydrogen) atoms. The highest BCUT2D eigenvalue weighted by Gasteiger charge is 2.27. The van der Waals surface area contributed by atoms with Crippen LogP contribution in [0.4, 0.5) is 0 Å². The Bertz CT molecular complexity index is 2700. The number of nitrogens with zero attached hydrogens (tertiary/aromatic N) is 3. The number of dihydropyridines is 1. The maximum atomic E-state index is 8.74. The van der Waals surface area contributed by atoms with Gasteiger partial charge in [-0.25, -0.2) is 0 Å². The summed E-state index contributed by atoms with van der Waals surface area (Å²) in [7, 11) is 0. The molecule has 4 heteroatoms. The fraction of sp³-hybridized carbons (Fsp3) is 0.0976. The summed E-state index contributed by atoms with van der Waals surface area (Å²) in [5.41, 5.74) is 6.99. The van der Waals surface area contributed by atoms with Gasteiger partial charge in [0.2, 0.25) is 0 Å². The number of aliphatic imine (C=N–C) groups is 1. The summed E-state index contributed by atoms with van der Waals surface area (Å²) in [6.07, 6.45) is 15.7. The normalized spacial score (nSPS) is 20.0. The Morgan fingerprint density at radius 3 is 2.62 bits per heavy atom. The van der Waals surface area contributed by atoms with Crippen LogP contribution in [0.2, 0.25) is 0 Å². The average molecular weight is 586 g/mol. The van der Waals surface area contributed by atoms with E-state index in [0.717, 1.165) is 44.1 Å². The van der Waals surface area contributed by atoms with E-state index >= 15 is 0 Å². The minimum atomic E-state index is -2.59. The molecule has 0 saturated heterocycles. The molecule has 9 rings (SSSR count). The summed E-state index contributed by atoms with van der Waals surface area (Å²) >= 11 is 0. The maximum Gasteiger partial charge on any atom is 0.138 e. The molecule has 0 N–H and O–H groups in total. The summed E-state index contributed by atoms with van der Waals surface area (Å²) in [6, 6.07) is 24.7. The van der Waals surface area contributed by atoms with E-state index in [-0.39, 0.29) is 34.3 Å². The second kappa shape index (κ2) is 9.96. The first-order valence-electron chi connectivity index (χ1n) is 17.9. The summed E-state index contributed by atoms with van der Waals surface area (Å²) in [4.78, 5) is 14.3. The number of pyridine rings is 2. The van der Waals surface area contributed by atoms with Gasteiger partial charge in [-0.3, -0.25) is 15.0 Å². The predicted octanol–water partition coefficient (Wildman–Crippen LogP) is 10.2. The highest BCUT2D eigenvalue weighted by Crippen LogP contribution is 2.41. The van der Waals surface area contributed by atoms with Crippen molar-refractivity contribution < 1.29 is 12.6 Å². The van der Waals surface area contributed by atoms with Crippen molar-refractivity contribution >= 4 is 50.0 Å². The predicted molar refractivity (Wildman–Crippen MR) is 186 cm³/mol. The Balaban J connectivity index is 1.29. The summed E-state index contributed by atoms with van der Waals surface area (Å²) in [5, 5.41) is 3.06. The highest BCUT2D eigenvalue weighted by atomic mass is 16.3. The van der Waals surface area contributed by atoms with Crippen molar-refractivity contribution in [1.29, 1.82) is 0 Å². The third-order valence-corrected chi connectivity index (χ3v) is 8.98. The Morgan fingerprint density at radius 2 is 1.67 bits per heavy atom. The van der Waals surface area contributed by atoms with Crippen molar-refractivity contribution in [3.05, 3.63) is 144 Å². The van der Waals surface area contributed by atoms with Crippen LogP contribution in [0, 0.1) is 13.7 Å². The Morgan fingerprint density at radius 1 is 0.756 bits per heavy atom. The van der Waals surface area contributed by atoms with Gasteiger partial charge in [-0.1, -0.05) is 78.9 Å². The second-order valence-corrected chi connectivity index (χ2v) is 11.6. The van der Waals surface area contributed by atoms with Gasteiger partial charge < -0.3 is 4.42 Å². The lowest BCUT2D eigenvalue weighted by molar-refractivity contribution is 0.663. The van der Waals surface area contributed by atoms with Crippen molar-refractivity contribution in [3.63, 3.8) is 0 Å². The van der Waals surface area contributed by atoms with Gasteiger partial charge in [0.15, 0.2) is 0 Å². The molecule has 2 unspecified atom stereocenters. The van der Waals surface area contributed by atoms with Gasteiger partial charge in [0.1, 0.15) is 11.2 Å². The van der Waals surface area contributed by atoms with Crippen LogP contribution >= 0.6 is 0 Å². The van der Waals surface area contributed by atoms with Gasteiger partial charge in [0, 0.05) is 65.4 Å². The number of para-hydroxylation sites is 1. The monoisotopic (exact) mass is 585 g/mol. The van der Waals surface area contributed by atoms with Gasteiger partial charge in [0.05, 0.1) is 17.1 Å². The number of benzene rings is 4. The van der Waals surface area contributed by atoms with E-state index in [2.05, 4.69) is 35.3 Å². The molecule has 214 valence electrons. The smallest absolute Gasteiger partial charge is 0.138 e. The fourth-order valence-electron chi connectivity index (χ4n) is 6.78. The molecule has 1 aliphatic heterocycles. The molecule has 1 aliphatic carbocycles. The first-order valence-corrected chi connectivity index (χ1v) is 14.9. The zero-order chi connectivity index (χ0) is 35.1. The first-order chi connectivity index (χ1) is 24.5. The Hall–Kier alpha value is -5.61. The third kappa shape index (κ3) is 4.10. The second-order valence-electron chi connectivity index (χ2n) is 11.6. The standard InChI is InChI=1S/C41H29N3O/c1-24-7-3-12-35-36-16-15-33(25(2)41(36)45-40(24)35)30-20-29(21-31(22-30)34-11-4-8-26-9-5-17-42-37(26)34)32-19-28-14-13-27-10-6-18-43-38(27)39(28)44-23-32/h3-23,34,37H,1-2H3/i1D3,2D3. The molecule has 4 heterocycles. The van der Waals surface area contributed by atoms with Crippen molar-refractivity contribution in [3.8, 4) is 22.3 Å². The van der Waals surface area contributed by atoms with Crippen molar-refractivity contribution in [2.24, 2.45) is 4.99 Å². The number of aromatic nitrogens is 2. The molecule has 2 atom stereocenters. The van der Waals surface area contributed by atoms with Crippen LogP contribution in [-0.4, -0.2) is 22.2 Å². The van der Waals surface area contributed by atoms with Gasteiger partial charge >= 0.3 is 0 Å². The summed E-state index contributed by atoms with van der Waals surface area (Å²) in [6.45, 7) is -5.02. The molecular weight excluding hydrogens is 550 g/mol. The van der Waals surface area contributed by atoms with Crippen LogP contribution in [-0.2, 0) is 0 Å². The number of allylic oxidation sites excluding steroid dienone is 3. The van der Waals surface area contributed by atoms with Crippen molar-refractivity contribution in [2.45, 2.75) is 25.7 Å². The zero-order valence-electron chi connectivity index (χ0n) is 30.0. The lowest BCUT2D eigenvalue weighted by Gasteiger charge is -2.28. The molecule has 0 saturated carbocycles.